The van der Waals surface area contributed by atoms with Crippen molar-refractivity contribution in [1.29, 1.82) is 0 Å². The molecule has 1 aromatic rings. The predicted octanol–water partition coefficient (Wildman–Crippen LogP) is 1.66. The van der Waals surface area contributed by atoms with Crippen LogP contribution in [-0.2, 0) is 6.54 Å². The molecule has 66 valence electrons. The van der Waals surface area contributed by atoms with Crippen LogP contribution in [0.25, 0.3) is 0 Å². The topological polar surface area (TPSA) is 34.9 Å². The molecule has 0 saturated heterocycles. The minimum Gasteiger partial charge on any atom is -0.268 e. The van der Waals surface area contributed by atoms with E-state index in [1.54, 1.807) is 6.20 Å². The second kappa shape index (κ2) is 3.85. The lowest BCUT2D eigenvalue weighted by Gasteiger charge is -2.05. The van der Waals surface area contributed by atoms with Gasteiger partial charge in [0, 0.05) is 17.1 Å². The Bertz CT molecular complexity index is 319. The van der Waals surface area contributed by atoms with Crippen molar-refractivity contribution < 1.29 is 0 Å². The van der Waals surface area contributed by atoms with Gasteiger partial charge in [-0.1, -0.05) is 13.8 Å². The highest BCUT2D eigenvalue weighted by atomic mass is 79.9. The van der Waals surface area contributed by atoms with Crippen LogP contribution in [0.4, 0.5) is 0 Å². The Morgan fingerprint density at radius 2 is 2.33 bits per heavy atom. The van der Waals surface area contributed by atoms with Gasteiger partial charge < -0.3 is 0 Å². The SMILES string of the molecule is CC(C)Cn1ncc(Br)cc1=O. The maximum atomic E-state index is 11.2. The van der Waals surface area contributed by atoms with E-state index in [9.17, 15) is 4.79 Å². The normalized spacial score (nSPS) is 10.7. The largest absolute Gasteiger partial charge is 0.268 e. The predicted molar refractivity (Wildman–Crippen MR) is 51.0 cm³/mol. The van der Waals surface area contributed by atoms with Crippen molar-refractivity contribution in [2.75, 3.05) is 0 Å². The zero-order chi connectivity index (χ0) is 9.14. The number of aromatic nitrogens is 2. The third-order valence-corrected chi connectivity index (χ3v) is 1.81. The minimum atomic E-state index is -0.0573. The molecule has 0 aromatic carbocycles. The molecule has 0 aliphatic carbocycles. The van der Waals surface area contributed by atoms with E-state index in [2.05, 4.69) is 34.9 Å². The van der Waals surface area contributed by atoms with Crippen molar-refractivity contribution in [3.8, 4) is 0 Å². The van der Waals surface area contributed by atoms with E-state index >= 15 is 0 Å². The van der Waals surface area contributed by atoms with Gasteiger partial charge in [-0.25, -0.2) is 4.68 Å². The summed E-state index contributed by atoms with van der Waals surface area (Å²) in [6.07, 6.45) is 1.63. The van der Waals surface area contributed by atoms with Gasteiger partial charge in [-0.2, -0.15) is 5.10 Å². The molecule has 12 heavy (non-hydrogen) atoms. The molecule has 0 N–H and O–H groups in total. The zero-order valence-electron chi connectivity index (χ0n) is 7.12. The van der Waals surface area contributed by atoms with Crippen LogP contribution in [0.15, 0.2) is 21.5 Å². The molecule has 3 nitrogen and oxygen atoms in total. The number of halogens is 1. The van der Waals surface area contributed by atoms with Crippen LogP contribution in [0, 0.1) is 5.92 Å². The van der Waals surface area contributed by atoms with Crippen LogP contribution in [-0.4, -0.2) is 9.78 Å². The monoisotopic (exact) mass is 230 g/mol. The molecule has 0 bridgehead atoms. The fourth-order valence-electron chi connectivity index (χ4n) is 0.894. The second-order valence-electron chi connectivity index (χ2n) is 3.09. The Labute approximate surface area is 79.5 Å². The van der Waals surface area contributed by atoms with Gasteiger partial charge in [0.1, 0.15) is 0 Å². The smallest absolute Gasteiger partial charge is 0.267 e. The first-order valence-corrected chi connectivity index (χ1v) is 4.61. The van der Waals surface area contributed by atoms with Crippen LogP contribution in [0.1, 0.15) is 13.8 Å². The van der Waals surface area contributed by atoms with Gasteiger partial charge in [-0.05, 0) is 21.8 Å². The standard InChI is InChI=1S/C8H11BrN2O/c1-6(2)5-11-8(12)3-7(9)4-10-11/h3-4,6H,5H2,1-2H3. The van der Waals surface area contributed by atoms with Crippen molar-refractivity contribution in [1.82, 2.24) is 9.78 Å². The summed E-state index contributed by atoms with van der Waals surface area (Å²) >= 11 is 3.19. The van der Waals surface area contributed by atoms with E-state index in [1.807, 2.05) is 0 Å². The van der Waals surface area contributed by atoms with Gasteiger partial charge in [-0.15, -0.1) is 0 Å². The first-order chi connectivity index (χ1) is 5.59. The van der Waals surface area contributed by atoms with Crippen molar-refractivity contribution in [3.63, 3.8) is 0 Å². The molecule has 0 spiro atoms. The van der Waals surface area contributed by atoms with E-state index < -0.39 is 0 Å². The first-order valence-electron chi connectivity index (χ1n) is 3.82. The van der Waals surface area contributed by atoms with Crippen molar-refractivity contribution >= 4 is 15.9 Å². The van der Waals surface area contributed by atoms with Crippen molar-refractivity contribution in [2.24, 2.45) is 5.92 Å². The third kappa shape index (κ3) is 2.44. The van der Waals surface area contributed by atoms with Crippen LogP contribution in [0.5, 0.6) is 0 Å². The quantitative estimate of drug-likeness (QED) is 0.775. The van der Waals surface area contributed by atoms with E-state index in [-0.39, 0.29) is 5.56 Å². The maximum absolute atomic E-state index is 11.2. The number of nitrogens with zero attached hydrogens (tertiary/aromatic N) is 2. The molecule has 0 aliphatic heterocycles. The molecule has 0 radical (unpaired) electrons. The summed E-state index contributed by atoms with van der Waals surface area (Å²) < 4.78 is 2.20. The Kier molecular flexibility index (Phi) is 3.03. The average Bonchev–Trinajstić information content (AvgIpc) is 1.94. The third-order valence-electron chi connectivity index (χ3n) is 1.37. The molecule has 4 heteroatoms. The summed E-state index contributed by atoms with van der Waals surface area (Å²) in [5, 5.41) is 3.98. The lowest BCUT2D eigenvalue weighted by atomic mass is 10.2. The van der Waals surface area contributed by atoms with E-state index in [0.29, 0.717) is 12.5 Å². The fourth-order valence-corrected chi connectivity index (χ4v) is 1.18. The van der Waals surface area contributed by atoms with Crippen molar-refractivity contribution in [2.45, 2.75) is 20.4 Å². The van der Waals surface area contributed by atoms with Gasteiger partial charge in [0.05, 0.1) is 6.20 Å². The number of rotatable bonds is 2. The summed E-state index contributed by atoms with van der Waals surface area (Å²) in [6, 6.07) is 1.52. The van der Waals surface area contributed by atoms with E-state index in [4.69, 9.17) is 0 Å². The lowest BCUT2D eigenvalue weighted by Crippen LogP contribution is -2.23. The minimum absolute atomic E-state index is 0.0573. The second-order valence-corrected chi connectivity index (χ2v) is 4.00. The molecule has 0 saturated carbocycles. The first kappa shape index (κ1) is 9.45. The summed E-state index contributed by atoms with van der Waals surface area (Å²) in [4.78, 5) is 11.2. The van der Waals surface area contributed by atoms with Gasteiger partial charge in [-0.3, -0.25) is 4.79 Å². The Morgan fingerprint density at radius 1 is 1.67 bits per heavy atom. The molecule has 1 heterocycles. The highest BCUT2D eigenvalue weighted by molar-refractivity contribution is 9.10. The van der Waals surface area contributed by atoms with E-state index in [0.717, 1.165) is 4.47 Å². The lowest BCUT2D eigenvalue weighted by molar-refractivity contribution is 0.463. The van der Waals surface area contributed by atoms with Crippen LogP contribution < -0.4 is 5.56 Å². The highest BCUT2D eigenvalue weighted by Gasteiger charge is 2.00. The molecular formula is C8H11BrN2O. The summed E-state index contributed by atoms with van der Waals surface area (Å²) in [6.45, 7) is 4.78. The molecule has 0 aliphatic rings. The maximum Gasteiger partial charge on any atom is 0.267 e. The van der Waals surface area contributed by atoms with Crippen molar-refractivity contribution in [3.05, 3.63) is 27.1 Å². The van der Waals surface area contributed by atoms with Gasteiger partial charge >= 0.3 is 0 Å². The summed E-state index contributed by atoms with van der Waals surface area (Å²) in [7, 11) is 0. The Hall–Kier alpha value is -0.640. The van der Waals surface area contributed by atoms with Gasteiger partial charge in [0.25, 0.3) is 5.56 Å². The van der Waals surface area contributed by atoms with E-state index in [1.165, 1.54) is 10.7 Å². The fraction of sp³-hybridized carbons (Fsp3) is 0.500. The average molecular weight is 231 g/mol. The molecule has 1 aromatic heterocycles. The summed E-state index contributed by atoms with van der Waals surface area (Å²) in [5.41, 5.74) is -0.0573. The molecule has 0 atom stereocenters. The van der Waals surface area contributed by atoms with Crippen LogP contribution in [0.2, 0.25) is 0 Å². The molecule has 0 fully saturated rings. The summed E-state index contributed by atoms with van der Waals surface area (Å²) in [5.74, 6) is 0.441. The van der Waals surface area contributed by atoms with Gasteiger partial charge in [0.2, 0.25) is 0 Å². The number of hydrogen-bond donors (Lipinski definition) is 0. The zero-order valence-corrected chi connectivity index (χ0v) is 8.71. The Morgan fingerprint density at radius 3 is 2.83 bits per heavy atom. The van der Waals surface area contributed by atoms with Crippen LogP contribution in [0.3, 0.4) is 0 Å². The molecule has 1 rings (SSSR count). The van der Waals surface area contributed by atoms with Crippen LogP contribution >= 0.6 is 15.9 Å². The number of hydrogen-bond acceptors (Lipinski definition) is 2. The Balaban J connectivity index is 2.94. The van der Waals surface area contributed by atoms with Gasteiger partial charge in [0.15, 0.2) is 0 Å². The highest BCUT2D eigenvalue weighted by Crippen LogP contribution is 2.02. The molecule has 0 unspecified atom stereocenters. The molecule has 0 amide bonds. The molecular weight excluding hydrogens is 220 g/mol.